The third-order valence-electron chi connectivity index (χ3n) is 9.07. The number of hydrogen-bond donors (Lipinski definition) is 0. The van der Waals surface area contributed by atoms with Crippen molar-refractivity contribution < 1.29 is 47.6 Å². The zero-order valence-electron chi connectivity index (χ0n) is 28.6. The maximum absolute atomic E-state index is 13.2. The lowest BCUT2D eigenvalue weighted by atomic mass is 10.1. The number of hydrogen-bond acceptors (Lipinski definition) is 10. The Bertz CT molecular complexity index is 1780. The van der Waals surface area contributed by atoms with Crippen LogP contribution in [-0.2, 0) is 28.5 Å². The summed E-state index contributed by atoms with van der Waals surface area (Å²) >= 11 is 6.78. The lowest BCUT2D eigenvalue weighted by Gasteiger charge is -2.17. The first-order chi connectivity index (χ1) is 25.3. The molecule has 4 aromatic carbocycles. The van der Waals surface area contributed by atoms with Crippen LogP contribution in [0.3, 0.4) is 0 Å². The van der Waals surface area contributed by atoms with Crippen molar-refractivity contribution in [2.24, 2.45) is 0 Å². The molecule has 0 bridgehead atoms. The van der Waals surface area contributed by atoms with Gasteiger partial charge in [-0.05, 0) is 95.8 Å². The summed E-state index contributed by atoms with van der Waals surface area (Å²) in [7, 11) is 0. The van der Waals surface area contributed by atoms with E-state index in [9.17, 15) is 19.2 Å². The van der Waals surface area contributed by atoms with Crippen LogP contribution in [0.15, 0.2) is 72.8 Å². The van der Waals surface area contributed by atoms with Gasteiger partial charge in [0.25, 0.3) is 0 Å². The van der Waals surface area contributed by atoms with Gasteiger partial charge in [0.2, 0.25) is 0 Å². The molecular weight excluding hydrogens is 800 g/mol. The van der Waals surface area contributed by atoms with Crippen LogP contribution in [0.5, 0.6) is 11.5 Å². The zero-order valence-corrected chi connectivity index (χ0v) is 31.7. The molecule has 0 aliphatic carbocycles. The van der Waals surface area contributed by atoms with Gasteiger partial charge >= 0.3 is 23.9 Å². The number of halogens is 2. The molecule has 0 spiro atoms. The minimum Gasteiger partial charge on any atom is -0.453 e. The normalized spacial score (nSPS) is 19.3. The number of carbonyl (C=O) groups is 4. The Morgan fingerprint density at radius 1 is 0.538 bits per heavy atom. The Balaban J connectivity index is 0.995. The highest BCUT2D eigenvalue weighted by Crippen LogP contribution is 2.32. The highest BCUT2D eigenvalue weighted by Gasteiger charge is 2.51. The molecule has 52 heavy (non-hydrogen) atoms. The first kappa shape index (κ1) is 37.9. The average molecular weight is 841 g/mol. The van der Waals surface area contributed by atoms with Crippen LogP contribution in [0.4, 0.5) is 0 Å². The Morgan fingerprint density at radius 2 is 0.942 bits per heavy atom. The monoisotopic (exact) mass is 838 g/mol. The number of rotatable bonds is 16. The highest BCUT2D eigenvalue weighted by atomic mass is 79.9. The standard InChI is InChI=1S/C40H40Br2O10/c41-17-5-1-3-7-35(43)49-31-15-13-25-19-29(11-9-27(25)21-31)39(45)51-33-23-47-38-34(24-48-37(33)38)52-40(46)30-12-10-28-22-32(16-14-26(28)20-30)50-36(44)8-4-2-6-18-42/h9-16,19-22,33-34,37-38H,1-8,17-18,23-24H2/t33-,34-,37-,38-/m1/s1. The summed E-state index contributed by atoms with van der Waals surface area (Å²) in [5.41, 5.74) is 0.715. The van der Waals surface area contributed by atoms with Crippen molar-refractivity contribution in [3.63, 3.8) is 0 Å². The van der Waals surface area contributed by atoms with Gasteiger partial charge in [0.05, 0.1) is 24.3 Å². The van der Waals surface area contributed by atoms with Crippen molar-refractivity contribution in [2.75, 3.05) is 23.9 Å². The molecule has 4 atom stereocenters. The molecule has 2 aliphatic heterocycles. The first-order valence-corrected chi connectivity index (χ1v) is 19.8. The molecule has 0 aromatic heterocycles. The van der Waals surface area contributed by atoms with Crippen LogP contribution in [-0.4, -0.2) is 72.2 Å². The molecule has 0 unspecified atom stereocenters. The SMILES string of the molecule is O=C(CCCCCBr)Oc1ccc2cc(C(=O)O[C@@H]3CO[C@H]4[C@@H]3OC[C@H]4OC(=O)c3ccc4cc(OC(=O)CCCCCBr)ccc4c3)ccc2c1. The van der Waals surface area contributed by atoms with Gasteiger partial charge in [0, 0.05) is 23.5 Å². The summed E-state index contributed by atoms with van der Waals surface area (Å²) < 4.78 is 34.4. The van der Waals surface area contributed by atoms with Crippen molar-refractivity contribution >= 4 is 77.3 Å². The van der Waals surface area contributed by atoms with Crippen LogP contribution >= 0.6 is 31.9 Å². The number of esters is 4. The number of ether oxygens (including phenoxy) is 6. The number of carbonyl (C=O) groups excluding carboxylic acids is 4. The summed E-state index contributed by atoms with van der Waals surface area (Å²) in [4.78, 5) is 50.7. The van der Waals surface area contributed by atoms with Crippen molar-refractivity contribution in [1.82, 2.24) is 0 Å². The highest BCUT2D eigenvalue weighted by molar-refractivity contribution is 9.09. The molecule has 2 saturated heterocycles. The number of fused-ring (bicyclic) bond motifs is 3. The maximum Gasteiger partial charge on any atom is 0.338 e. The third-order valence-corrected chi connectivity index (χ3v) is 10.2. The fourth-order valence-corrected chi connectivity index (χ4v) is 7.11. The van der Waals surface area contributed by atoms with E-state index in [1.54, 1.807) is 72.8 Å². The average Bonchev–Trinajstić information content (AvgIpc) is 3.74. The first-order valence-electron chi connectivity index (χ1n) is 17.6. The maximum atomic E-state index is 13.2. The fraction of sp³-hybridized carbons (Fsp3) is 0.400. The predicted octanol–water partition coefficient (Wildman–Crippen LogP) is 8.26. The molecule has 0 amide bonds. The van der Waals surface area contributed by atoms with Crippen LogP contribution in [0, 0.1) is 0 Å². The molecule has 6 rings (SSSR count). The van der Waals surface area contributed by atoms with Gasteiger partial charge in [-0.3, -0.25) is 9.59 Å². The smallest absolute Gasteiger partial charge is 0.338 e. The molecule has 10 nitrogen and oxygen atoms in total. The zero-order chi connectivity index (χ0) is 36.5. The summed E-state index contributed by atoms with van der Waals surface area (Å²) in [5.74, 6) is -0.686. The Morgan fingerprint density at radius 3 is 1.37 bits per heavy atom. The Kier molecular flexibility index (Phi) is 13.3. The number of alkyl halides is 2. The molecule has 274 valence electrons. The Hall–Kier alpha value is -3.84. The van der Waals surface area contributed by atoms with E-state index in [0.29, 0.717) is 35.5 Å². The third kappa shape index (κ3) is 9.77. The molecule has 0 N–H and O–H groups in total. The summed E-state index contributed by atoms with van der Waals surface area (Å²) in [6.45, 7) is 0.209. The molecule has 2 heterocycles. The minimum absolute atomic E-state index is 0.104. The van der Waals surface area contributed by atoms with Crippen molar-refractivity contribution in [3.05, 3.63) is 83.9 Å². The van der Waals surface area contributed by atoms with E-state index >= 15 is 0 Å². The van der Waals surface area contributed by atoms with Gasteiger partial charge in [0.15, 0.2) is 12.2 Å². The predicted molar refractivity (Wildman–Crippen MR) is 202 cm³/mol. The molecule has 12 heteroatoms. The lowest BCUT2D eigenvalue weighted by molar-refractivity contribution is -0.135. The van der Waals surface area contributed by atoms with E-state index in [0.717, 1.165) is 70.7 Å². The second-order valence-corrected chi connectivity index (χ2v) is 14.5. The van der Waals surface area contributed by atoms with E-state index in [1.807, 2.05) is 0 Å². The van der Waals surface area contributed by atoms with Crippen LogP contribution in [0.25, 0.3) is 21.5 Å². The van der Waals surface area contributed by atoms with Crippen LogP contribution in [0.2, 0.25) is 0 Å². The van der Waals surface area contributed by atoms with Crippen molar-refractivity contribution in [2.45, 2.75) is 75.8 Å². The minimum atomic E-state index is -0.675. The van der Waals surface area contributed by atoms with E-state index in [1.165, 1.54) is 0 Å². The van der Waals surface area contributed by atoms with Gasteiger partial charge in [-0.2, -0.15) is 0 Å². The van der Waals surface area contributed by atoms with Crippen molar-refractivity contribution in [1.29, 1.82) is 0 Å². The Labute approximate surface area is 318 Å². The molecule has 2 aliphatic rings. The molecule has 0 radical (unpaired) electrons. The van der Waals surface area contributed by atoms with Crippen LogP contribution in [0.1, 0.15) is 72.1 Å². The lowest BCUT2D eigenvalue weighted by Crippen LogP contribution is -2.36. The number of benzene rings is 4. The van der Waals surface area contributed by atoms with Gasteiger partial charge in [0.1, 0.15) is 23.7 Å². The largest absolute Gasteiger partial charge is 0.453 e. The quantitative estimate of drug-likeness (QED) is 0.0472. The van der Waals surface area contributed by atoms with Gasteiger partial charge in [-0.25, -0.2) is 9.59 Å². The van der Waals surface area contributed by atoms with E-state index < -0.39 is 36.4 Å². The number of unbranched alkanes of at least 4 members (excludes halogenated alkanes) is 4. The second-order valence-electron chi connectivity index (χ2n) is 12.9. The fourth-order valence-electron chi connectivity index (χ4n) is 6.32. The summed E-state index contributed by atoms with van der Waals surface area (Å²) in [6.07, 6.45) is 3.72. The van der Waals surface area contributed by atoms with Gasteiger partial charge in [-0.1, -0.05) is 69.0 Å². The summed E-state index contributed by atoms with van der Waals surface area (Å²) in [5, 5.41) is 5.06. The topological polar surface area (TPSA) is 124 Å². The van der Waals surface area contributed by atoms with Gasteiger partial charge < -0.3 is 28.4 Å². The van der Waals surface area contributed by atoms with Crippen LogP contribution < -0.4 is 9.47 Å². The second kappa shape index (κ2) is 18.3. The molecule has 4 aromatic rings. The molecule has 2 fully saturated rings. The van der Waals surface area contributed by atoms with Gasteiger partial charge in [-0.15, -0.1) is 0 Å². The molecule has 0 saturated carbocycles. The van der Waals surface area contributed by atoms with E-state index in [2.05, 4.69) is 31.9 Å². The van der Waals surface area contributed by atoms with E-state index in [4.69, 9.17) is 28.4 Å². The van der Waals surface area contributed by atoms with Crippen molar-refractivity contribution in [3.8, 4) is 11.5 Å². The molecular formula is C40H40Br2O10. The van der Waals surface area contributed by atoms with E-state index in [-0.39, 0.29) is 25.2 Å². The summed E-state index contributed by atoms with van der Waals surface area (Å²) in [6, 6.07) is 20.9.